The van der Waals surface area contributed by atoms with Gasteiger partial charge in [0.25, 0.3) is 5.91 Å². The first-order chi connectivity index (χ1) is 14.7. The molecule has 1 aromatic heterocycles. The monoisotopic (exact) mass is 457 g/mol. The van der Waals surface area contributed by atoms with Gasteiger partial charge in [-0.15, -0.1) is 0 Å². The van der Waals surface area contributed by atoms with Crippen LogP contribution in [0.4, 0.5) is 0 Å². The van der Waals surface area contributed by atoms with Gasteiger partial charge in [-0.1, -0.05) is 37.3 Å². The summed E-state index contributed by atoms with van der Waals surface area (Å²) in [6, 6.07) is 12.2. The van der Waals surface area contributed by atoms with Crippen molar-refractivity contribution < 1.29 is 13.2 Å². The number of hydrogen-bond acceptors (Lipinski definition) is 4. The average molecular weight is 458 g/mol. The van der Waals surface area contributed by atoms with Crippen LogP contribution in [0.5, 0.6) is 0 Å². The topological polar surface area (TPSA) is 71.7 Å². The highest BCUT2D eigenvalue weighted by Crippen LogP contribution is 2.27. The van der Waals surface area contributed by atoms with Gasteiger partial charge in [0.1, 0.15) is 0 Å². The fraction of sp³-hybridized carbons (Fsp3) is 0.391. The normalized spacial score (nSPS) is 21.0. The van der Waals surface area contributed by atoms with E-state index in [1.165, 1.54) is 23.5 Å². The average Bonchev–Trinajstić information content (AvgIpc) is 3.04. The van der Waals surface area contributed by atoms with Crippen molar-refractivity contribution in [2.45, 2.75) is 32.1 Å². The molecule has 2 heterocycles. The highest BCUT2D eigenvalue weighted by molar-refractivity contribution is 7.89. The molecule has 0 aliphatic carbocycles. The molecule has 164 valence electrons. The number of thiazole rings is 1. The number of nitrogens with zero attached hydrogens (tertiary/aromatic N) is 3. The second-order valence-corrected chi connectivity index (χ2v) is 11.5. The highest BCUT2D eigenvalue weighted by Gasteiger charge is 2.31. The molecular formula is C23H27N3O3S2. The van der Waals surface area contributed by atoms with Crippen molar-refractivity contribution in [2.24, 2.45) is 23.9 Å². The van der Waals surface area contributed by atoms with Crippen LogP contribution in [0.15, 0.2) is 52.4 Å². The van der Waals surface area contributed by atoms with Gasteiger partial charge in [0.2, 0.25) is 10.0 Å². The van der Waals surface area contributed by atoms with Gasteiger partial charge in [0.15, 0.2) is 4.80 Å². The standard InChI is InChI=1S/C23H27N3O3S2/c1-15-12-16(2)14-26(13-15)31(28,29)19-10-8-18(9-11-19)22(27)24-23-25(4)21-17(3)6-5-7-20(21)30-23/h5-11,15-16H,12-14H2,1-4H3/t15-,16+. The van der Waals surface area contributed by atoms with Crippen LogP contribution in [0.25, 0.3) is 10.2 Å². The van der Waals surface area contributed by atoms with Crippen LogP contribution in [0.2, 0.25) is 0 Å². The van der Waals surface area contributed by atoms with E-state index in [0.717, 1.165) is 22.2 Å². The van der Waals surface area contributed by atoms with E-state index in [1.54, 1.807) is 16.4 Å². The Labute approximate surface area is 186 Å². The molecule has 1 saturated heterocycles. The zero-order chi connectivity index (χ0) is 22.3. The molecule has 0 unspecified atom stereocenters. The lowest BCUT2D eigenvalue weighted by molar-refractivity contribution is 0.0998. The molecule has 6 nitrogen and oxygen atoms in total. The molecule has 0 saturated carbocycles. The van der Waals surface area contributed by atoms with Crippen molar-refractivity contribution in [2.75, 3.05) is 13.1 Å². The third-order valence-corrected chi connectivity index (χ3v) is 8.74. The maximum absolute atomic E-state index is 13.0. The van der Waals surface area contributed by atoms with Crippen molar-refractivity contribution in [3.05, 3.63) is 58.4 Å². The number of para-hydroxylation sites is 1. The van der Waals surface area contributed by atoms with Gasteiger partial charge in [0, 0.05) is 25.7 Å². The van der Waals surface area contributed by atoms with Gasteiger partial charge in [-0.25, -0.2) is 8.42 Å². The van der Waals surface area contributed by atoms with Gasteiger partial charge in [0.05, 0.1) is 15.1 Å². The van der Waals surface area contributed by atoms with Crippen LogP contribution in [-0.2, 0) is 17.1 Å². The zero-order valence-electron chi connectivity index (χ0n) is 18.2. The lowest BCUT2D eigenvalue weighted by atomic mass is 9.94. The van der Waals surface area contributed by atoms with E-state index in [2.05, 4.69) is 18.8 Å². The van der Waals surface area contributed by atoms with Crippen molar-refractivity contribution in [1.29, 1.82) is 0 Å². The van der Waals surface area contributed by atoms with Gasteiger partial charge in [-0.3, -0.25) is 4.79 Å². The molecule has 1 amide bonds. The third-order valence-electron chi connectivity index (χ3n) is 5.80. The summed E-state index contributed by atoms with van der Waals surface area (Å²) in [7, 11) is -1.67. The summed E-state index contributed by atoms with van der Waals surface area (Å²) in [5.74, 6) is 0.289. The van der Waals surface area contributed by atoms with Crippen molar-refractivity contribution in [1.82, 2.24) is 8.87 Å². The number of hydrogen-bond donors (Lipinski definition) is 0. The van der Waals surface area contributed by atoms with Gasteiger partial charge < -0.3 is 4.57 Å². The maximum atomic E-state index is 13.0. The van der Waals surface area contributed by atoms with Crippen LogP contribution < -0.4 is 4.80 Å². The lowest BCUT2D eigenvalue weighted by Crippen LogP contribution is -2.42. The van der Waals surface area contributed by atoms with E-state index in [9.17, 15) is 13.2 Å². The van der Waals surface area contributed by atoms with E-state index < -0.39 is 10.0 Å². The summed E-state index contributed by atoms with van der Waals surface area (Å²) in [6.07, 6.45) is 1.04. The van der Waals surface area contributed by atoms with Crippen molar-refractivity contribution in [3.8, 4) is 0 Å². The Morgan fingerprint density at radius 2 is 1.71 bits per heavy atom. The molecule has 4 rings (SSSR count). The van der Waals surface area contributed by atoms with Gasteiger partial charge >= 0.3 is 0 Å². The molecule has 8 heteroatoms. The molecule has 1 fully saturated rings. The van der Waals surface area contributed by atoms with Crippen molar-refractivity contribution in [3.63, 3.8) is 0 Å². The number of carbonyl (C=O) groups is 1. The quantitative estimate of drug-likeness (QED) is 0.598. The lowest BCUT2D eigenvalue weighted by Gasteiger charge is -2.34. The van der Waals surface area contributed by atoms with E-state index in [-0.39, 0.29) is 10.8 Å². The molecule has 0 spiro atoms. The Hall–Kier alpha value is -2.29. The smallest absolute Gasteiger partial charge is 0.279 e. The Bertz CT molecular complexity index is 1290. The molecule has 0 N–H and O–H groups in total. The van der Waals surface area contributed by atoms with E-state index in [4.69, 9.17) is 0 Å². The number of rotatable bonds is 3. The summed E-state index contributed by atoms with van der Waals surface area (Å²) in [5.41, 5.74) is 2.56. The Morgan fingerprint density at radius 1 is 1.06 bits per heavy atom. The molecule has 0 radical (unpaired) electrons. The second-order valence-electron chi connectivity index (χ2n) is 8.57. The highest BCUT2D eigenvalue weighted by atomic mass is 32.2. The predicted molar refractivity (Wildman–Crippen MR) is 124 cm³/mol. The molecule has 1 aliphatic heterocycles. The molecular weight excluding hydrogens is 430 g/mol. The first-order valence-corrected chi connectivity index (χ1v) is 12.7. The SMILES string of the molecule is Cc1cccc2sc(=NC(=O)c3ccc(S(=O)(=O)N4C[C@H](C)C[C@H](C)C4)cc3)n(C)c12. The van der Waals surface area contributed by atoms with Crippen LogP contribution in [0.3, 0.4) is 0 Å². The maximum Gasteiger partial charge on any atom is 0.279 e. The second kappa shape index (κ2) is 8.33. The fourth-order valence-electron chi connectivity index (χ4n) is 4.38. The minimum Gasteiger partial charge on any atom is -0.319 e. The van der Waals surface area contributed by atoms with E-state index in [0.29, 0.717) is 35.3 Å². The molecule has 31 heavy (non-hydrogen) atoms. The third kappa shape index (κ3) is 4.24. The van der Waals surface area contributed by atoms with Crippen LogP contribution >= 0.6 is 11.3 Å². The number of carbonyl (C=O) groups excluding carboxylic acids is 1. The fourth-order valence-corrected chi connectivity index (χ4v) is 7.15. The van der Waals surface area contributed by atoms with E-state index >= 15 is 0 Å². The predicted octanol–water partition coefficient (Wildman–Crippen LogP) is 3.96. The number of aryl methyl sites for hydroxylation is 2. The van der Waals surface area contributed by atoms with Gasteiger partial charge in [-0.2, -0.15) is 9.30 Å². The first kappa shape index (κ1) is 21.9. The number of benzene rings is 2. The van der Waals surface area contributed by atoms with E-state index in [1.807, 2.05) is 36.7 Å². The minimum atomic E-state index is -3.57. The summed E-state index contributed by atoms with van der Waals surface area (Å²) in [4.78, 5) is 17.9. The largest absolute Gasteiger partial charge is 0.319 e. The Kier molecular flexibility index (Phi) is 5.89. The summed E-state index contributed by atoms with van der Waals surface area (Å²) >= 11 is 1.46. The number of piperidine rings is 1. The molecule has 0 bridgehead atoms. The number of amides is 1. The Morgan fingerprint density at radius 3 is 2.32 bits per heavy atom. The van der Waals surface area contributed by atoms with Crippen LogP contribution in [0, 0.1) is 18.8 Å². The summed E-state index contributed by atoms with van der Waals surface area (Å²) < 4.78 is 30.6. The Balaban J connectivity index is 1.61. The molecule has 2 aromatic carbocycles. The molecule has 1 aliphatic rings. The number of fused-ring (bicyclic) bond motifs is 1. The summed E-state index contributed by atoms with van der Waals surface area (Å²) in [6.45, 7) is 7.26. The van der Waals surface area contributed by atoms with Crippen molar-refractivity contribution >= 4 is 37.5 Å². The van der Waals surface area contributed by atoms with Crippen LogP contribution in [0.1, 0.15) is 36.2 Å². The van der Waals surface area contributed by atoms with Crippen LogP contribution in [-0.4, -0.2) is 36.3 Å². The number of aromatic nitrogens is 1. The van der Waals surface area contributed by atoms with Gasteiger partial charge in [-0.05, 0) is 61.1 Å². The molecule has 2 atom stereocenters. The summed E-state index contributed by atoms with van der Waals surface area (Å²) in [5, 5.41) is 0. The first-order valence-electron chi connectivity index (χ1n) is 10.4. The molecule has 3 aromatic rings. The minimum absolute atomic E-state index is 0.216. The number of sulfonamides is 1. The zero-order valence-corrected chi connectivity index (χ0v) is 19.8.